The van der Waals surface area contributed by atoms with E-state index in [2.05, 4.69) is 42.8 Å². The van der Waals surface area contributed by atoms with E-state index >= 15 is 0 Å². The molecule has 0 saturated carbocycles. The zero-order valence-electron chi connectivity index (χ0n) is 12.6. The molecule has 0 aliphatic heterocycles. The molecule has 0 aliphatic rings. The first-order valence-corrected chi connectivity index (χ1v) is 8.04. The van der Waals surface area contributed by atoms with Gasteiger partial charge in [-0.25, -0.2) is 0 Å². The first kappa shape index (κ1) is 17.6. The summed E-state index contributed by atoms with van der Waals surface area (Å²) < 4.78 is 12.5. The van der Waals surface area contributed by atoms with E-state index in [0.717, 1.165) is 23.1 Å². The highest BCUT2D eigenvalue weighted by molar-refractivity contribution is 9.10. The van der Waals surface area contributed by atoms with Crippen LogP contribution in [0.2, 0.25) is 0 Å². The van der Waals surface area contributed by atoms with Crippen LogP contribution in [-0.4, -0.2) is 25.9 Å². The van der Waals surface area contributed by atoms with Crippen molar-refractivity contribution in [2.24, 2.45) is 11.7 Å². The van der Waals surface area contributed by atoms with Crippen LogP contribution in [0.25, 0.3) is 0 Å². The average molecular weight is 344 g/mol. The Morgan fingerprint density at radius 1 is 1.20 bits per heavy atom. The van der Waals surface area contributed by atoms with Gasteiger partial charge in [0.15, 0.2) is 0 Å². The topological polar surface area (TPSA) is 44.5 Å². The van der Waals surface area contributed by atoms with E-state index in [-0.39, 0.29) is 12.1 Å². The van der Waals surface area contributed by atoms with Crippen LogP contribution in [-0.2, 0) is 9.47 Å². The van der Waals surface area contributed by atoms with Crippen molar-refractivity contribution in [1.82, 2.24) is 0 Å². The molecule has 2 atom stereocenters. The third-order valence-corrected chi connectivity index (χ3v) is 3.77. The van der Waals surface area contributed by atoms with Gasteiger partial charge < -0.3 is 15.2 Å². The van der Waals surface area contributed by atoms with Crippen LogP contribution in [0, 0.1) is 5.92 Å². The molecular formula is C16H26BrNO2. The first-order chi connectivity index (χ1) is 9.56. The van der Waals surface area contributed by atoms with Crippen LogP contribution in [0.5, 0.6) is 0 Å². The summed E-state index contributed by atoms with van der Waals surface area (Å²) in [4.78, 5) is 0. The molecule has 0 bridgehead atoms. The van der Waals surface area contributed by atoms with Crippen LogP contribution in [0.3, 0.4) is 0 Å². The molecule has 20 heavy (non-hydrogen) atoms. The van der Waals surface area contributed by atoms with Crippen molar-refractivity contribution in [3.63, 3.8) is 0 Å². The molecule has 2 unspecified atom stereocenters. The molecule has 0 saturated heterocycles. The maximum atomic E-state index is 6.19. The second-order valence-electron chi connectivity index (χ2n) is 5.35. The minimum Gasteiger partial charge on any atom is -0.379 e. The van der Waals surface area contributed by atoms with E-state index in [1.54, 1.807) is 0 Å². The van der Waals surface area contributed by atoms with Gasteiger partial charge in [0, 0.05) is 17.1 Å². The fourth-order valence-electron chi connectivity index (χ4n) is 1.92. The fraction of sp³-hybridized carbons (Fsp3) is 0.625. The zero-order valence-corrected chi connectivity index (χ0v) is 14.2. The zero-order chi connectivity index (χ0) is 15.0. The summed E-state index contributed by atoms with van der Waals surface area (Å²) in [7, 11) is 0. The number of halogens is 1. The number of benzene rings is 1. The maximum Gasteiger partial charge on any atom is 0.0987 e. The number of hydrogen-bond acceptors (Lipinski definition) is 3. The Bertz CT molecular complexity index is 384. The van der Waals surface area contributed by atoms with E-state index in [1.807, 2.05) is 18.2 Å². The highest BCUT2D eigenvalue weighted by Gasteiger charge is 2.21. The van der Waals surface area contributed by atoms with Gasteiger partial charge in [0.05, 0.1) is 19.3 Å². The molecule has 0 radical (unpaired) electrons. The lowest BCUT2D eigenvalue weighted by Gasteiger charge is -2.25. The van der Waals surface area contributed by atoms with Gasteiger partial charge in [-0.15, -0.1) is 0 Å². The summed E-state index contributed by atoms with van der Waals surface area (Å²) in [5.74, 6) is 0.548. The smallest absolute Gasteiger partial charge is 0.0987 e. The Morgan fingerprint density at radius 2 is 1.90 bits per heavy atom. The predicted molar refractivity (Wildman–Crippen MR) is 86.8 cm³/mol. The van der Waals surface area contributed by atoms with Crippen LogP contribution >= 0.6 is 15.9 Å². The average Bonchev–Trinajstić information content (AvgIpc) is 2.43. The SMILES string of the molecule is CCC(N)C(OCCOCC(C)C)c1ccccc1Br. The Labute approximate surface area is 131 Å². The third kappa shape index (κ3) is 5.92. The predicted octanol–water partition coefficient (Wildman–Crippen LogP) is 3.92. The Balaban J connectivity index is 2.56. The quantitative estimate of drug-likeness (QED) is 0.691. The van der Waals surface area contributed by atoms with E-state index in [9.17, 15) is 0 Å². The molecule has 0 heterocycles. The molecule has 0 aliphatic carbocycles. The van der Waals surface area contributed by atoms with E-state index in [4.69, 9.17) is 15.2 Å². The fourth-order valence-corrected chi connectivity index (χ4v) is 2.43. The van der Waals surface area contributed by atoms with Gasteiger partial charge in [-0.05, 0) is 24.0 Å². The summed E-state index contributed by atoms with van der Waals surface area (Å²) in [6.07, 6.45) is 0.775. The molecule has 0 spiro atoms. The lowest BCUT2D eigenvalue weighted by molar-refractivity contribution is -0.0126. The molecular weight excluding hydrogens is 318 g/mol. The second kappa shape index (κ2) is 9.50. The summed E-state index contributed by atoms with van der Waals surface area (Å²) in [6.45, 7) is 8.29. The van der Waals surface area contributed by atoms with Gasteiger partial charge in [-0.3, -0.25) is 0 Å². The van der Waals surface area contributed by atoms with Crippen molar-refractivity contribution in [3.05, 3.63) is 34.3 Å². The Kier molecular flexibility index (Phi) is 8.38. The third-order valence-electron chi connectivity index (χ3n) is 3.05. The highest BCUT2D eigenvalue weighted by Crippen LogP contribution is 2.28. The number of rotatable bonds is 9. The summed E-state index contributed by atoms with van der Waals surface area (Å²) in [6, 6.07) is 8.06. The molecule has 3 nitrogen and oxygen atoms in total. The number of ether oxygens (including phenoxy) is 2. The number of hydrogen-bond donors (Lipinski definition) is 1. The summed E-state index contributed by atoms with van der Waals surface area (Å²) >= 11 is 3.57. The summed E-state index contributed by atoms with van der Waals surface area (Å²) in [5.41, 5.74) is 7.30. The monoisotopic (exact) mass is 343 g/mol. The van der Waals surface area contributed by atoms with Crippen molar-refractivity contribution in [2.45, 2.75) is 39.3 Å². The van der Waals surface area contributed by atoms with Crippen molar-refractivity contribution in [1.29, 1.82) is 0 Å². The van der Waals surface area contributed by atoms with Gasteiger partial charge in [-0.1, -0.05) is 54.9 Å². The first-order valence-electron chi connectivity index (χ1n) is 7.25. The molecule has 1 aromatic carbocycles. The minimum atomic E-state index is -0.0989. The Morgan fingerprint density at radius 3 is 2.50 bits per heavy atom. The maximum absolute atomic E-state index is 6.19. The largest absolute Gasteiger partial charge is 0.379 e. The van der Waals surface area contributed by atoms with Gasteiger partial charge >= 0.3 is 0 Å². The van der Waals surface area contributed by atoms with E-state index in [0.29, 0.717) is 19.1 Å². The normalized spacial score (nSPS) is 14.5. The van der Waals surface area contributed by atoms with Gasteiger partial charge in [-0.2, -0.15) is 0 Å². The lowest BCUT2D eigenvalue weighted by Crippen LogP contribution is -2.30. The molecule has 1 aromatic rings. The van der Waals surface area contributed by atoms with Crippen LogP contribution in [0.15, 0.2) is 28.7 Å². The molecule has 0 amide bonds. The molecule has 0 fully saturated rings. The molecule has 1 rings (SSSR count). The Hall–Kier alpha value is -0.420. The molecule has 114 valence electrons. The van der Waals surface area contributed by atoms with Crippen molar-refractivity contribution in [2.75, 3.05) is 19.8 Å². The van der Waals surface area contributed by atoms with Crippen molar-refractivity contribution in [3.8, 4) is 0 Å². The number of nitrogens with two attached hydrogens (primary N) is 1. The standard InChI is InChI=1S/C16H26BrNO2/c1-4-15(18)16(13-7-5-6-8-14(13)17)20-10-9-19-11-12(2)3/h5-8,12,15-16H,4,9-11,18H2,1-3H3. The van der Waals surface area contributed by atoms with Crippen molar-refractivity contribution >= 4 is 15.9 Å². The molecule has 2 N–H and O–H groups in total. The lowest BCUT2D eigenvalue weighted by atomic mass is 10.0. The van der Waals surface area contributed by atoms with Gasteiger partial charge in [0.25, 0.3) is 0 Å². The molecule has 0 aromatic heterocycles. The second-order valence-corrected chi connectivity index (χ2v) is 6.21. The van der Waals surface area contributed by atoms with Gasteiger partial charge in [0.1, 0.15) is 0 Å². The van der Waals surface area contributed by atoms with Crippen LogP contribution in [0.1, 0.15) is 38.9 Å². The van der Waals surface area contributed by atoms with E-state index < -0.39 is 0 Å². The highest BCUT2D eigenvalue weighted by atomic mass is 79.9. The van der Waals surface area contributed by atoms with Crippen molar-refractivity contribution < 1.29 is 9.47 Å². The van der Waals surface area contributed by atoms with E-state index in [1.165, 1.54) is 0 Å². The minimum absolute atomic E-state index is 0.0150. The van der Waals surface area contributed by atoms with Crippen LogP contribution < -0.4 is 5.73 Å². The molecule has 4 heteroatoms. The van der Waals surface area contributed by atoms with Gasteiger partial charge in [0.2, 0.25) is 0 Å². The van der Waals surface area contributed by atoms with Crippen LogP contribution in [0.4, 0.5) is 0 Å². The summed E-state index contributed by atoms with van der Waals surface area (Å²) in [5, 5.41) is 0.